The zero-order chi connectivity index (χ0) is 7.78. The van der Waals surface area contributed by atoms with Gasteiger partial charge in [-0.3, -0.25) is 4.79 Å². The highest BCUT2D eigenvalue weighted by Crippen LogP contribution is 2.45. The van der Waals surface area contributed by atoms with Crippen LogP contribution in [-0.2, 0) is 9.53 Å². The van der Waals surface area contributed by atoms with Crippen molar-refractivity contribution in [3.63, 3.8) is 0 Å². The molecule has 0 bridgehead atoms. The maximum atomic E-state index is 10.8. The van der Waals surface area contributed by atoms with E-state index in [0.29, 0.717) is 0 Å². The molecule has 0 radical (unpaired) electrons. The Labute approximate surface area is 58.3 Å². The van der Waals surface area contributed by atoms with Crippen LogP contribution < -0.4 is 5.73 Å². The number of nitrogens with two attached hydrogens (primary N) is 1. The summed E-state index contributed by atoms with van der Waals surface area (Å²) in [6.45, 7) is 1.75. The van der Waals surface area contributed by atoms with E-state index in [1.807, 2.05) is 0 Å². The van der Waals surface area contributed by atoms with Crippen molar-refractivity contribution in [3.8, 4) is 0 Å². The highest BCUT2D eigenvalue weighted by atomic mass is 16.6. The van der Waals surface area contributed by atoms with Crippen molar-refractivity contribution in [2.45, 2.75) is 19.8 Å². The predicted octanol–water partition coefficient (Wildman–Crippen LogP) is 0.408. The molecule has 0 unspecified atom stereocenters. The lowest BCUT2D eigenvalue weighted by Gasteiger charge is -2.03. The van der Waals surface area contributed by atoms with Crippen LogP contribution in [0.25, 0.3) is 0 Å². The number of carbonyl (C=O) groups excluding carboxylic acids is 2. The van der Waals surface area contributed by atoms with Crippen LogP contribution in [0.15, 0.2) is 0 Å². The number of ether oxygens (including phenoxy) is 1. The molecule has 1 aliphatic rings. The second-order valence-electron chi connectivity index (χ2n) is 2.77. The first-order valence-electron chi connectivity index (χ1n) is 3.06. The summed E-state index contributed by atoms with van der Waals surface area (Å²) in [6.07, 6.45) is 0.566. The lowest BCUT2D eigenvalue weighted by Crippen LogP contribution is -2.23. The van der Waals surface area contributed by atoms with Crippen molar-refractivity contribution in [3.05, 3.63) is 0 Å². The molecule has 1 amide bonds. The van der Waals surface area contributed by atoms with Gasteiger partial charge in [-0.2, -0.15) is 0 Å². The Morgan fingerprint density at radius 1 is 1.50 bits per heavy atom. The summed E-state index contributed by atoms with van der Waals surface area (Å²) in [5.41, 5.74) is 4.21. The van der Waals surface area contributed by atoms with E-state index in [2.05, 4.69) is 10.5 Å². The lowest BCUT2D eigenvalue weighted by molar-refractivity contribution is -0.142. The van der Waals surface area contributed by atoms with Gasteiger partial charge in [0.05, 0.1) is 5.41 Å². The first-order chi connectivity index (χ1) is 4.54. The van der Waals surface area contributed by atoms with E-state index in [4.69, 9.17) is 0 Å². The number of carbonyl (C=O) groups is 2. The van der Waals surface area contributed by atoms with Crippen molar-refractivity contribution in [1.29, 1.82) is 0 Å². The summed E-state index contributed by atoms with van der Waals surface area (Å²) in [7, 11) is 0. The van der Waals surface area contributed by atoms with Gasteiger partial charge in [0.25, 0.3) is 0 Å². The Morgan fingerprint density at radius 3 is 2.30 bits per heavy atom. The van der Waals surface area contributed by atoms with Gasteiger partial charge in [0, 0.05) is 0 Å². The molecule has 0 aromatic rings. The fraction of sp³-hybridized carbons (Fsp3) is 0.667. The molecule has 56 valence electrons. The summed E-state index contributed by atoms with van der Waals surface area (Å²) >= 11 is 0. The van der Waals surface area contributed by atoms with Crippen LogP contribution in [0, 0.1) is 5.41 Å². The number of primary amides is 1. The van der Waals surface area contributed by atoms with Crippen molar-refractivity contribution >= 4 is 12.1 Å². The van der Waals surface area contributed by atoms with Crippen LogP contribution in [-0.4, -0.2) is 12.1 Å². The van der Waals surface area contributed by atoms with Crippen LogP contribution in [0.4, 0.5) is 4.79 Å². The first kappa shape index (κ1) is 7.05. The van der Waals surface area contributed by atoms with Gasteiger partial charge in [-0.15, -0.1) is 0 Å². The van der Waals surface area contributed by atoms with Gasteiger partial charge in [0.15, 0.2) is 0 Å². The molecule has 10 heavy (non-hydrogen) atoms. The number of amides is 1. The minimum atomic E-state index is -1.02. The highest BCUT2D eigenvalue weighted by Gasteiger charge is 2.47. The van der Waals surface area contributed by atoms with Gasteiger partial charge < -0.3 is 10.5 Å². The predicted molar refractivity (Wildman–Crippen MR) is 33.0 cm³/mol. The van der Waals surface area contributed by atoms with E-state index in [1.165, 1.54) is 0 Å². The summed E-state index contributed by atoms with van der Waals surface area (Å²) in [4.78, 5) is 20.9. The summed E-state index contributed by atoms with van der Waals surface area (Å²) in [6, 6.07) is 0. The zero-order valence-electron chi connectivity index (χ0n) is 5.72. The Bertz CT molecular complexity index is 183. The van der Waals surface area contributed by atoms with Gasteiger partial charge >= 0.3 is 12.1 Å². The number of esters is 1. The molecule has 1 aliphatic carbocycles. The van der Waals surface area contributed by atoms with Crippen LogP contribution in [0.5, 0.6) is 0 Å². The molecule has 0 heterocycles. The molecular weight excluding hydrogens is 134 g/mol. The van der Waals surface area contributed by atoms with E-state index in [9.17, 15) is 9.59 Å². The molecule has 1 rings (SSSR count). The zero-order valence-corrected chi connectivity index (χ0v) is 5.72. The second kappa shape index (κ2) is 1.97. The fourth-order valence-electron chi connectivity index (χ4n) is 0.606. The number of hydrogen-bond acceptors (Lipinski definition) is 3. The van der Waals surface area contributed by atoms with Gasteiger partial charge in [-0.25, -0.2) is 4.79 Å². The fourth-order valence-corrected chi connectivity index (χ4v) is 0.606. The van der Waals surface area contributed by atoms with E-state index < -0.39 is 17.5 Å². The summed E-state index contributed by atoms with van der Waals surface area (Å²) in [5, 5.41) is 0. The van der Waals surface area contributed by atoms with Gasteiger partial charge in [0.2, 0.25) is 0 Å². The normalized spacial score (nSPS) is 19.7. The molecule has 1 saturated carbocycles. The Hall–Kier alpha value is -1.06. The van der Waals surface area contributed by atoms with Crippen molar-refractivity contribution in [1.82, 2.24) is 0 Å². The monoisotopic (exact) mass is 143 g/mol. The van der Waals surface area contributed by atoms with Gasteiger partial charge in [-0.05, 0) is 19.8 Å². The topological polar surface area (TPSA) is 69.4 Å². The molecule has 0 saturated heterocycles. The number of rotatable bonds is 1. The average molecular weight is 143 g/mol. The van der Waals surface area contributed by atoms with E-state index in [-0.39, 0.29) is 0 Å². The summed E-state index contributed by atoms with van der Waals surface area (Å²) in [5.74, 6) is -0.500. The van der Waals surface area contributed by atoms with Crippen LogP contribution in [0.3, 0.4) is 0 Å². The molecule has 0 aromatic heterocycles. The molecular formula is C6H9NO3. The molecule has 4 nitrogen and oxygen atoms in total. The number of hydrogen-bond donors (Lipinski definition) is 1. The molecule has 0 aliphatic heterocycles. The van der Waals surface area contributed by atoms with Gasteiger partial charge in [0.1, 0.15) is 0 Å². The maximum Gasteiger partial charge on any atom is 0.412 e. The summed E-state index contributed by atoms with van der Waals surface area (Å²) < 4.78 is 4.18. The third kappa shape index (κ3) is 1.26. The second-order valence-corrected chi connectivity index (χ2v) is 2.77. The van der Waals surface area contributed by atoms with Crippen molar-refractivity contribution in [2.75, 3.05) is 0 Å². The smallest absolute Gasteiger partial charge is 0.376 e. The third-order valence-electron chi connectivity index (χ3n) is 1.69. The largest absolute Gasteiger partial charge is 0.412 e. The maximum absolute atomic E-state index is 10.8. The first-order valence-corrected chi connectivity index (χ1v) is 3.06. The van der Waals surface area contributed by atoms with E-state index in [1.54, 1.807) is 6.92 Å². The lowest BCUT2D eigenvalue weighted by atomic mass is 10.1. The molecule has 4 heteroatoms. The SMILES string of the molecule is CC1(C(=O)OC(N)=O)CC1. The Balaban J connectivity index is 2.43. The van der Waals surface area contributed by atoms with Crippen LogP contribution in [0.2, 0.25) is 0 Å². The Kier molecular flexibility index (Phi) is 1.39. The minimum Gasteiger partial charge on any atom is -0.376 e. The third-order valence-corrected chi connectivity index (χ3v) is 1.69. The minimum absolute atomic E-state index is 0.422. The van der Waals surface area contributed by atoms with Crippen LogP contribution in [0.1, 0.15) is 19.8 Å². The molecule has 0 atom stereocenters. The van der Waals surface area contributed by atoms with Crippen molar-refractivity contribution < 1.29 is 14.3 Å². The highest BCUT2D eigenvalue weighted by molar-refractivity contribution is 5.88. The Morgan fingerprint density at radius 2 is 2.00 bits per heavy atom. The molecule has 0 spiro atoms. The van der Waals surface area contributed by atoms with Crippen molar-refractivity contribution in [2.24, 2.45) is 11.1 Å². The molecule has 2 N–H and O–H groups in total. The van der Waals surface area contributed by atoms with E-state index in [0.717, 1.165) is 12.8 Å². The molecule has 0 aromatic carbocycles. The van der Waals surface area contributed by atoms with E-state index >= 15 is 0 Å². The quantitative estimate of drug-likeness (QED) is 0.427. The van der Waals surface area contributed by atoms with Crippen LogP contribution >= 0.6 is 0 Å². The standard InChI is InChI=1S/C6H9NO3/c1-6(2-3-6)4(8)10-5(7)9/h2-3H2,1H3,(H2,7,9). The average Bonchev–Trinajstić information content (AvgIpc) is 2.47. The van der Waals surface area contributed by atoms with Gasteiger partial charge in [-0.1, -0.05) is 0 Å². The molecule has 1 fully saturated rings.